The molecular formula is C14H12N2S. The van der Waals surface area contributed by atoms with Gasteiger partial charge in [-0.2, -0.15) is 5.26 Å². The van der Waals surface area contributed by atoms with Gasteiger partial charge in [0.25, 0.3) is 0 Å². The molecule has 0 atom stereocenters. The molecule has 0 radical (unpaired) electrons. The van der Waals surface area contributed by atoms with Crippen LogP contribution < -0.4 is 0 Å². The molecule has 0 aliphatic rings. The number of aryl methyl sites for hydroxylation is 1. The summed E-state index contributed by atoms with van der Waals surface area (Å²) >= 11 is 1.72. The zero-order chi connectivity index (χ0) is 12.1. The Kier molecular flexibility index (Phi) is 3.79. The van der Waals surface area contributed by atoms with Crippen LogP contribution in [0.25, 0.3) is 0 Å². The first-order chi connectivity index (χ1) is 8.29. The lowest BCUT2D eigenvalue weighted by Gasteiger charge is -2.03. The Balaban J connectivity index is 2.08. The molecule has 3 heteroatoms. The minimum atomic E-state index is 0.520. The lowest BCUT2D eigenvalue weighted by Crippen LogP contribution is -1.90. The molecule has 0 saturated carbocycles. The number of pyridine rings is 1. The van der Waals surface area contributed by atoms with Gasteiger partial charge in [-0.1, -0.05) is 23.8 Å². The molecule has 0 aliphatic heterocycles. The SMILES string of the molecule is Cc1ccc(SCc2cccnc2C#N)cc1. The Bertz CT molecular complexity index is 541. The van der Waals surface area contributed by atoms with Gasteiger partial charge in [0.15, 0.2) is 0 Å². The highest BCUT2D eigenvalue weighted by Gasteiger charge is 2.02. The highest BCUT2D eigenvalue weighted by molar-refractivity contribution is 7.98. The van der Waals surface area contributed by atoms with Gasteiger partial charge in [0, 0.05) is 16.8 Å². The molecule has 2 nitrogen and oxygen atoms in total. The summed E-state index contributed by atoms with van der Waals surface area (Å²) in [7, 11) is 0. The first-order valence-corrected chi connectivity index (χ1v) is 6.31. The van der Waals surface area contributed by atoms with Crippen molar-refractivity contribution in [2.75, 3.05) is 0 Å². The summed E-state index contributed by atoms with van der Waals surface area (Å²) in [5.41, 5.74) is 2.76. The molecule has 17 heavy (non-hydrogen) atoms. The summed E-state index contributed by atoms with van der Waals surface area (Å²) in [5.74, 6) is 0.778. The smallest absolute Gasteiger partial charge is 0.144 e. The minimum absolute atomic E-state index is 0.520. The fourth-order valence-corrected chi connectivity index (χ4v) is 2.33. The van der Waals surface area contributed by atoms with E-state index in [2.05, 4.69) is 42.2 Å². The summed E-state index contributed by atoms with van der Waals surface area (Å²) in [4.78, 5) is 5.26. The second-order valence-electron chi connectivity index (χ2n) is 3.72. The number of thioether (sulfide) groups is 1. The van der Waals surface area contributed by atoms with E-state index in [0.29, 0.717) is 5.69 Å². The van der Waals surface area contributed by atoms with Crippen LogP contribution in [-0.2, 0) is 5.75 Å². The van der Waals surface area contributed by atoms with Crippen LogP contribution in [0.5, 0.6) is 0 Å². The van der Waals surface area contributed by atoms with Crippen LogP contribution >= 0.6 is 11.8 Å². The van der Waals surface area contributed by atoms with E-state index in [-0.39, 0.29) is 0 Å². The third-order valence-electron chi connectivity index (χ3n) is 2.41. The third kappa shape index (κ3) is 3.08. The molecule has 2 aromatic rings. The number of hydrogen-bond donors (Lipinski definition) is 0. The standard InChI is InChI=1S/C14H12N2S/c1-11-4-6-13(7-5-11)17-10-12-3-2-8-16-14(12)9-15/h2-8H,10H2,1H3. The fourth-order valence-electron chi connectivity index (χ4n) is 1.45. The molecule has 1 aromatic carbocycles. The zero-order valence-electron chi connectivity index (χ0n) is 9.55. The molecule has 0 N–H and O–H groups in total. The van der Waals surface area contributed by atoms with Crippen molar-refractivity contribution < 1.29 is 0 Å². The van der Waals surface area contributed by atoms with Gasteiger partial charge < -0.3 is 0 Å². The molecule has 2 rings (SSSR count). The molecule has 1 heterocycles. The first-order valence-electron chi connectivity index (χ1n) is 5.33. The molecule has 0 bridgehead atoms. The van der Waals surface area contributed by atoms with E-state index < -0.39 is 0 Å². The number of nitriles is 1. The Hall–Kier alpha value is -1.79. The lowest BCUT2D eigenvalue weighted by molar-refractivity contribution is 1.19. The molecule has 0 amide bonds. The molecule has 0 fully saturated rings. The number of benzene rings is 1. The van der Waals surface area contributed by atoms with Crippen LogP contribution in [0.2, 0.25) is 0 Å². The maximum Gasteiger partial charge on any atom is 0.144 e. The van der Waals surface area contributed by atoms with Gasteiger partial charge >= 0.3 is 0 Å². The third-order valence-corrected chi connectivity index (χ3v) is 3.47. The largest absolute Gasteiger partial charge is 0.245 e. The van der Waals surface area contributed by atoms with Crippen LogP contribution in [0.4, 0.5) is 0 Å². The molecule has 0 saturated heterocycles. The molecule has 1 aromatic heterocycles. The molecular weight excluding hydrogens is 228 g/mol. The Morgan fingerprint density at radius 1 is 1.24 bits per heavy atom. The van der Waals surface area contributed by atoms with Crippen molar-refractivity contribution in [2.24, 2.45) is 0 Å². The van der Waals surface area contributed by atoms with Crippen molar-refractivity contribution in [3.8, 4) is 6.07 Å². The normalized spacial score (nSPS) is 9.88. The Labute approximate surface area is 105 Å². The zero-order valence-corrected chi connectivity index (χ0v) is 10.4. The average Bonchev–Trinajstić information content (AvgIpc) is 2.38. The minimum Gasteiger partial charge on any atom is -0.245 e. The van der Waals surface area contributed by atoms with Gasteiger partial charge in [0.05, 0.1) is 0 Å². The van der Waals surface area contributed by atoms with E-state index in [1.807, 2.05) is 12.1 Å². The van der Waals surface area contributed by atoms with Gasteiger partial charge in [0.1, 0.15) is 11.8 Å². The topological polar surface area (TPSA) is 36.7 Å². The lowest BCUT2D eigenvalue weighted by atomic mass is 10.2. The summed E-state index contributed by atoms with van der Waals surface area (Å²) in [6, 6.07) is 14.3. The molecule has 0 aliphatic carbocycles. The predicted molar refractivity (Wildman–Crippen MR) is 69.7 cm³/mol. The highest BCUT2D eigenvalue weighted by atomic mass is 32.2. The maximum atomic E-state index is 8.93. The second kappa shape index (κ2) is 5.51. The highest BCUT2D eigenvalue weighted by Crippen LogP contribution is 2.23. The Morgan fingerprint density at radius 3 is 2.71 bits per heavy atom. The molecule has 0 unspecified atom stereocenters. The van der Waals surface area contributed by atoms with Crippen LogP contribution in [0.3, 0.4) is 0 Å². The van der Waals surface area contributed by atoms with Crippen molar-refractivity contribution in [2.45, 2.75) is 17.6 Å². The van der Waals surface area contributed by atoms with Crippen molar-refractivity contribution in [1.29, 1.82) is 5.26 Å². The molecule has 84 valence electrons. The van der Waals surface area contributed by atoms with Gasteiger partial charge in [-0.25, -0.2) is 4.98 Å². The van der Waals surface area contributed by atoms with E-state index in [4.69, 9.17) is 5.26 Å². The predicted octanol–water partition coefficient (Wildman–Crippen LogP) is 3.55. The van der Waals surface area contributed by atoms with E-state index in [1.165, 1.54) is 10.5 Å². The Morgan fingerprint density at radius 2 is 2.00 bits per heavy atom. The monoisotopic (exact) mass is 240 g/mol. The number of rotatable bonds is 3. The summed E-state index contributed by atoms with van der Waals surface area (Å²) < 4.78 is 0. The van der Waals surface area contributed by atoms with Gasteiger partial charge in [-0.15, -0.1) is 11.8 Å². The molecule has 0 spiro atoms. The summed E-state index contributed by atoms with van der Waals surface area (Å²) in [6.07, 6.45) is 1.65. The van der Waals surface area contributed by atoms with Crippen LogP contribution in [0, 0.1) is 18.3 Å². The van der Waals surface area contributed by atoms with Crippen molar-refractivity contribution >= 4 is 11.8 Å². The van der Waals surface area contributed by atoms with Gasteiger partial charge in [0.2, 0.25) is 0 Å². The van der Waals surface area contributed by atoms with Gasteiger partial charge in [-0.05, 0) is 30.7 Å². The average molecular weight is 240 g/mol. The number of aromatic nitrogens is 1. The van der Waals surface area contributed by atoms with Crippen molar-refractivity contribution in [3.05, 3.63) is 59.4 Å². The number of nitrogens with zero attached hydrogens (tertiary/aromatic N) is 2. The summed E-state index contributed by atoms with van der Waals surface area (Å²) in [6.45, 7) is 2.07. The second-order valence-corrected chi connectivity index (χ2v) is 4.77. The maximum absolute atomic E-state index is 8.93. The fraction of sp³-hybridized carbons (Fsp3) is 0.143. The van der Waals surface area contributed by atoms with E-state index in [0.717, 1.165) is 11.3 Å². The summed E-state index contributed by atoms with van der Waals surface area (Å²) in [5, 5.41) is 8.93. The van der Waals surface area contributed by atoms with E-state index in [9.17, 15) is 0 Å². The van der Waals surface area contributed by atoms with E-state index in [1.54, 1.807) is 18.0 Å². The van der Waals surface area contributed by atoms with Crippen LogP contribution in [-0.4, -0.2) is 4.98 Å². The van der Waals surface area contributed by atoms with Crippen molar-refractivity contribution in [3.63, 3.8) is 0 Å². The van der Waals surface area contributed by atoms with Gasteiger partial charge in [-0.3, -0.25) is 0 Å². The van der Waals surface area contributed by atoms with Crippen LogP contribution in [0.1, 0.15) is 16.8 Å². The first kappa shape index (κ1) is 11.7. The number of hydrogen-bond acceptors (Lipinski definition) is 3. The van der Waals surface area contributed by atoms with Crippen molar-refractivity contribution in [1.82, 2.24) is 4.98 Å². The quantitative estimate of drug-likeness (QED) is 0.770. The van der Waals surface area contributed by atoms with E-state index >= 15 is 0 Å². The van der Waals surface area contributed by atoms with Crippen LogP contribution in [0.15, 0.2) is 47.5 Å².